The largest absolute Gasteiger partial charge is 0.493 e. The van der Waals surface area contributed by atoms with E-state index in [2.05, 4.69) is 10.3 Å². The molecule has 0 aliphatic rings. The monoisotopic (exact) mass is 354 g/mol. The lowest BCUT2D eigenvalue weighted by Gasteiger charge is -2.10. The van der Waals surface area contributed by atoms with Gasteiger partial charge in [-0.2, -0.15) is 13.2 Å². The number of aryl methyl sites for hydroxylation is 1. The lowest BCUT2D eigenvalue weighted by molar-refractivity contribution is -0.137. The molecule has 0 saturated heterocycles. The molecular weight excluding hydrogens is 337 g/mol. The van der Waals surface area contributed by atoms with Crippen molar-refractivity contribution in [3.8, 4) is 11.5 Å². The second kappa shape index (κ2) is 7.87. The van der Waals surface area contributed by atoms with Gasteiger partial charge in [-0.3, -0.25) is 4.79 Å². The van der Waals surface area contributed by atoms with Crippen molar-refractivity contribution in [2.45, 2.75) is 19.0 Å². The Kier molecular flexibility index (Phi) is 5.84. The fourth-order valence-corrected chi connectivity index (χ4v) is 2.13. The van der Waals surface area contributed by atoms with Gasteiger partial charge in [0.2, 0.25) is 5.91 Å². The number of benzene rings is 1. The average Bonchev–Trinajstić information content (AvgIpc) is 2.59. The van der Waals surface area contributed by atoms with Gasteiger partial charge >= 0.3 is 6.18 Å². The normalized spacial score (nSPS) is 11.1. The van der Waals surface area contributed by atoms with Gasteiger partial charge in [0.1, 0.15) is 5.82 Å². The smallest absolute Gasteiger partial charge is 0.417 e. The number of pyridine rings is 1. The summed E-state index contributed by atoms with van der Waals surface area (Å²) in [5.41, 5.74) is 0.00371. The SMILES string of the molecule is COc1ccc(CCC(=O)Nc2ccc(C(F)(F)F)cn2)cc1OC. The first-order valence-electron chi connectivity index (χ1n) is 7.37. The first kappa shape index (κ1) is 18.6. The zero-order valence-corrected chi connectivity index (χ0v) is 13.7. The third-order valence-corrected chi connectivity index (χ3v) is 3.45. The Labute approximate surface area is 142 Å². The molecule has 5 nitrogen and oxygen atoms in total. The Morgan fingerprint density at radius 2 is 1.84 bits per heavy atom. The Morgan fingerprint density at radius 1 is 1.12 bits per heavy atom. The predicted octanol–water partition coefficient (Wildman–Crippen LogP) is 3.69. The quantitative estimate of drug-likeness (QED) is 0.860. The number of carbonyl (C=O) groups is 1. The number of amides is 1. The summed E-state index contributed by atoms with van der Waals surface area (Å²) in [4.78, 5) is 15.5. The number of methoxy groups -OCH3 is 2. The van der Waals surface area contributed by atoms with Crippen molar-refractivity contribution in [3.05, 3.63) is 47.7 Å². The number of carbonyl (C=O) groups excluding carboxylic acids is 1. The molecule has 134 valence electrons. The molecule has 0 spiro atoms. The third kappa shape index (κ3) is 5.10. The molecule has 1 heterocycles. The number of rotatable bonds is 6. The van der Waals surface area contributed by atoms with Gasteiger partial charge in [0, 0.05) is 12.6 Å². The van der Waals surface area contributed by atoms with Gasteiger partial charge in [-0.15, -0.1) is 0 Å². The van der Waals surface area contributed by atoms with E-state index < -0.39 is 11.7 Å². The topological polar surface area (TPSA) is 60.5 Å². The number of anilines is 1. The van der Waals surface area contributed by atoms with Crippen molar-refractivity contribution in [2.75, 3.05) is 19.5 Å². The number of nitrogens with zero attached hydrogens (tertiary/aromatic N) is 1. The molecule has 1 N–H and O–H groups in total. The summed E-state index contributed by atoms with van der Waals surface area (Å²) in [7, 11) is 3.05. The minimum absolute atomic E-state index is 0.0744. The van der Waals surface area contributed by atoms with Crippen molar-refractivity contribution < 1.29 is 27.4 Å². The van der Waals surface area contributed by atoms with Crippen LogP contribution >= 0.6 is 0 Å². The molecule has 1 aromatic heterocycles. The van der Waals surface area contributed by atoms with Crippen LogP contribution in [-0.4, -0.2) is 25.1 Å². The number of hydrogen-bond donors (Lipinski definition) is 1. The molecule has 8 heteroatoms. The summed E-state index contributed by atoms with van der Waals surface area (Å²) in [6.07, 6.45) is -3.18. The van der Waals surface area contributed by atoms with Gasteiger partial charge in [0.25, 0.3) is 0 Å². The van der Waals surface area contributed by atoms with Gasteiger partial charge in [-0.1, -0.05) is 6.07 Å². The minimum Gasteiger partial charge on any atom is -0.493 e. The van der Waals surface area contributed by atoms with Crippen molar-refractivity contribution in [1.29, 1.82) is 0 Å². The van der Waals surface area contributed by atoms with E-state index in [1.807, 2.05) is 6.07 Å². The maximum Gasteiger partial charge on any atom is 0.417 e. The maximum atomic E-state index is 12.5. The molecule has 0 saturated carbocycles. The third-order valence-electron chi connectivity index (χ3n) is 3.45. The van der Waals surface area contributed by atoms with Crippen LogP contribution in [0, 0.1) is 0 Å². The first-order valence-corrected chi connectivity index (χ1v) is 7.37. The number of alkyl halides is 3. The van der Waals surface area contributed by atoms with Gasteiger partial charge in [0.15, 0.2) is 11.5 Å². The van der Waals surface area contributed by atoms with Crippen LogP contribution in [0.15, 0.2) is 36.5 Å². The highest BCUT2D eigenvalue weighted by atomic mass is 19.4. The van der Waals surface area contributed by atoms with Crippen LogP contribution in [0.25, 0.3) is 0 Å². The van der Waals surface area contributed by atoms with Crippen molar-refractivity contribution in [1.82, 2.24) is 4.98 Å². The maximum absolute atomic E-state index is 12.5. The lowest BCUT2D eigenvalue weighted by atomic mass is 10.1. The second-order valence-corrected chi connectivity index (χ2v) is 5.17. The van der Waals surface area contributed by atoms with Crippen LogP contribution in [0.2, 0.25) is 0 Å². The first-order chi connectivity index (χ1) is 11.8. The molecule has 0 bridgehead atoms. The van der Waals surface area contributed by atoms with E-state index in [9.17, 15) is 18.0 Å². The number of halogens is 3. The summed E-state index contributed by atoms with van der Waals surface area (Å²) in [6.45, 7) is 0. The molecule has 0 fully saturated rings. The standard InChI is InChI=1S/C17H17F3N2O3/c1-24-13-6-3-11(9-14(13)25-2)4-8-16(23)22-15-7-5-12(10-21-15)17(18,19)20/h3,5-7,9-10H,4,8H2,1-2H3,(H,21,22,23). The van der Waals surface area contributed by atoms with Crippen molar-refractivity contribution >= 4 is 11.7 Å². The average molecular weight is 354 g/mol. The van der Waals surface area contributed by atoms with Crippen molar-refractivity contribution in [2.24, 2.45) is 0 Å². The summed E-state index contributed by atoms with van der Waals surface area (Å²) in [6, 6.07) is 7.31. The highest BCUT2D eigenvalue weighted by molar-refractivity contribution is 5.89. The highest BCUT2D eigenvalue weighted by Crippen LogP contribution is 2.29. The molecule has 0 aliphatic heterocycles. The summed E-state index contributed by atoms with van der Waals surface area (Å²) >= 11 is 0. The number of ether oxygens (including phenoxy) is 2. The molecule has 1 amide bonds. The van der Waals surface area contributed by atoms with E-state index in [0.717, 1.165) is 17.7 Å². The Bertz CT molecular complexity index is 731. The summed E-state index contributed by atoms with van der Waals surface area (Å²) in [5.74, 6) is 0.877. The molecule has 1 aromatic carbocycles. The van der Waals surface area contributed by atoms with Crippen LogP contribution in [-0.2, 0) is 17.4 Å². The van der Waals surface area contributed by atoms with Crippen LogP contribution in [0.4, 0.5) is 19.0 Å². The van der Waals surface area contributed by atoms with E-state index >= 15 is 0 Å². The zero-order valence-electron chi connectivity index (χ0n) is 13.7. The minimum atomic E-state index is -4.46. The van der Waals surface area contributed by atoms with Crippen LogP contribution in [0.3, 0.4) is 0 Å². The molecule has 0 atom stereocenters. The molecule has 0 radical (unpaired) electrons. The number of hydrogen-bond acceptors (Lipinski definition) is 4. The molecule has 2 aromatic rings. The molecule has 0 aliphatic carbocycles. The molecule has 0 unspecified atom stereocenters. The predicted molar refractivity (Wildman–Crippen MR) is 85.7 cm³/mol. The van der Waals surface area contributed by atoms with Crippen LogP contribution in [0.1, 0.15) is 17.5 Å². The Balaban J connectivity index is 1.92. The zero-order chi connectivity index (χ0) is 18.4. The Hall–Kier alpha value is -2.77. The van der Waals surface area contributed by atoms with Crippen molar-refractivity contribution in [3.63, 3.8) is 0 Å². The van der Waals surface area contributed by atoms with Gasteiger partial charge < -0.3 is 14.8 Å². The fourth-order valence-electron chi connectivity index (χ4n) is 2.13. The van der Waals surface area contributed by atoms with Gasteiger partial charge in [-0.25, -0.2) is 4.98 Å². The highest BCUT2D eigenvalue weighted by Gasteiger charge is 2.30. The second-order valence-electron chi connectivity index (χ2n) is 5.17. The van der Waals surface area contributed by atoms with Crippen LogP contribution in [0.5, 0.6) is 11.5 Å². The fraction of sp³-hybridized carbons (Fsp3) is 0.294. The van der Waals surface area contributed by atoms with E-state index in [0.29, 0.717) is 24.1 Å². The number of aromatic nitrogens is 1. The molecule has 2 rings (SSSR count). The molecule has 25 heavy (non-hydrogen) atoms. The lowest BCUT2D eigenvalue weighted by Crippen LogP contribution is -2.14. The van der Waals surface area contributed by atoms with E-state index in [1.54, 1.807) is 12.1 Å². The number of nitrogens with one attached hydrogen (secondary N) is 1. The van der Waals surface area contributed by atoms with E-state index in [-0.39, 0.29) is 18.1 Å². The van der Waals surface area contributed by atoms with E-state index in [4.69, 9.17) is 9.47 Å². The van der Waals surface area contributed by atoms with E-state index in [1.165, 1.54) is 14.2 Å². The van der Waals surface area contributed by atoms with Crippen LogP contribution < -0.4 is 14.8 Å². The van der Waals surface area contributed by atoms with Gasteiger partial charge in [-0.05, 0) is 36.2 Å². The summed E-state index contributed by atoms with van der Waals surface area (Å²) in [5, 5.41) is 2.47. The molecular formula is C17H17F3N2O3. The van der Waals surface area contributed by atoms with Gasteiger partial charge in [0.05, 0.1) is 19.8 Å². The summed E-state index contributed by atoms with van der Waals surface area (Å²) < 4.78 is 47.7. The Morgan fingerprint density at radius 3 is 2.40 bits per heavy atom.